The Morgan fingerprint density at radius 2 is 1.59 bits per heavy atom. The van der Waals surface area contributed by atoms with Crippen molar-refractivity contribution in [1.82, 2.24) is 0 Å². The molecule has 1 atom stereocenters. The maximum Gasteiger partial charge on any atom is 0.238 e. The average Bonchev–Trinajstić information content (AvgIpc) is 3.10. The third-order valence-corrected chi connectivity index (χ3v) is 6.53. The number of carbonyl (C=O) groups is 1. The van der Waals surface area contributed by atoms with Gasteiger partial charge in [0.25, 0.3) is 0 Å². The van der Waals surface area contributed by atoms with Crippen LogP contribution in [-0.4, -0.2) is 11.7 Å². The lowest BCUT2D eigenvalue weighted by Crippen LogP contribution is -2.27. The minimum Gasteiger partial charge on any atom is -0.487 e. The lowest BCUT2D eigenvalue weighted by atomic mass is 10.1. The first-order valence-electron chi connectivity index (χ1n) is 8.87. The van der Waals surface area contributed by atoms with Gasteiger partial charge in [-0.05, 0) is 59.7 Å². The fourth-order valence-corrected chi connectivity index (χ4v) is 4.74. The Hall–Kier alpha value is -1.85. The van der Waals surface area contributed by atoms with Gasteiger partial charge in [0.2, 0.25) is 5.91 Å². The molecule has 1 aliphatic heterocycles. The Balaban J connectivity index is 1.52. The fraction of sp³-hybridized carbons (Fsp3) is 0.136. The van der Waals surface area contributed by atoms with Crippen LogP contribution in [0.5, 0.6) is 5.75 Å². The Labute approximate surface area is 188 Å². The van der Waals surface area contributed by atoms with Crippen molar-refractivity contribution in [2.75, 3.05) is 10.7 Å². The van der Waals surface area contributed by atoms with Gasteiger partial charge < -0.3 is 4.74 Å². The number of ether oxygens (including phenoxy) is 1. The summed E-state index contributed by atoms with van der Waals surface area (Å²) in [5, 5.41) is 1.68. The molecule has 4 rings (SSSR count). The Morgan fingerprint density at radius 1 is 0.931 bits per heavy atom. The average molecular weight is 465 g/mol. The summed E-state index contributed by atoms with van der Waals surface area (Å²) in [4.78, 5) is 14.3. The second-order valence-corrected chi connectivity index (χ2v) is 8.86. The zero-order valence-electron chi connectivity index (χ0n) is 15.1. The number of benzene rings is 3. The highest BCUT2D eigenvalue weighted by molar-refractivity contribution is 8.00. The molecule has 3 aromatic carbocycles. The van der Waals surface area contributed by atoms with Crippen LogP contribution in [0.4, 0.5) is 5.69 Å². The van der Waals surface area contributed by atoms with Crippen molar-refractivity contribution in [3.8, 4) is 5.75 Å². The summed E-state index contributed by atoms with van der Waals surface area (Å²) in [5.41, 5.74) is 2.76. The topological polar surface area (TPSA) is 29.5 Å². The highest BCUT2D eigenvalue weighted by Crippen LogP contribution is 2.43. The van der Waals surface area contributed by atoms with E-state index in [1.54, 1.807) is 28.8 Å². The van der Waals surface area contributed by atoms with E-state index < -0.39 is 0 Å². The van der Waals surface area contributed by atoms with Crippen LogP contribution in [0.3, 0.4) is 0 Å². The lowest BCUT2D eigenvalue weighted by molar-refractivity contribution is -0.115. The van der Waals surface area contributed by atoms with E-state index in [1.165, 1.54) is 0 Å². The van der Waals surface area contributed by atoms with E-state index in [0.29, 0.717) is 33.2 Å². The van der Waals surface area contributed by atoms with Crippen molar-refractivity contribution in [3.05, 3.63) is 92.9 Å². The Morgan fingerprint density at radius 3 is 2.24 bits per heavy atom. The summed E-state index contributed by atoms with van der Waals surface area (Å²) >= 11 is 19.9. The molecule has 148 valence electrons. The number of carbonyl (C=O) groups excluding carboxylic acids is 1. The molecule has 1 aliphatic rings. The van der Waals surface area contributed by atoms with E-state index in [1.807, 2.05) is 54.6 Å². The monoisotopic (exact) mass is 463 g/mol. The lowest BCUT2D eigenvalue weighted by Gasteiger charge is -2.25. The summed E-state index contributed by atoms with van der Waals surface area (Å²) in [5.74, 6) is 1.07. The zero-order chi connectivity index (χ0) is 20.4. The van der Waals surface area contributed by atoms with Gasteiger partial charge in [-0.1, -0.05) is 53.0 Å². The van der Waals surface area contributed by atoms with Gasteiger partial charge in [0.1, 0.15) is 17.7 Å². The molecule has 0 aromatic heterocycles. The van der Waals surface area contributed by atoms with Gasteiger partial charge in [-0.15, -0.1) is 11.8 Å². The zero-order valence-corrected chi connectivity index (χ0v) is 18.2. The summed E-state index contributed by atoms with van der Waals surface area (Å²) in [6.07, 6.45) is 0. The SMILES string of the molecule is O=C1CS[C@@H](c2ccc(OCc3ccc(Cl)cc3)c(Cl)c2)N1c1ccc(Cl)cc1. The van der Waals surface area contributed by atoms with Crippen LogP contribution in [0.25, 0.3) is 0 Å². The van der Waals surface area contributed by atoms with Crippen molar-refractivity contribution in [2.45, 2.75) is 12.0 Å². The molecular formula is C22H16Cl3NO2S. The summed E-state index contributed by atoms with van der Waals surface area (Å²) in [6.45, 7) is 0.393. The molecule has 7 heteroatoms. The molecule has 1 amide bonds. The van der Waals surface area contributed by atoms with Crippen LogP contribution in [0.2, 0.25) is 15.1 Å². The van der Waals surface area contributed by atoms with E-state index in [4.69, 9.17) is 39.5 Å². The van der Waals surface area contributed by atoms with Gasteiger partial charge in [-0.2, -0.15) is 0 Å². The second kappa shape index (κ2) is 8.88. The van der Waals surface area contributed by atoms with E-state index in [2.05, 4.69) is 0 Å². The molecule has 0 unspecified atom stereocenters. The van der Waals surface area contributed by atoms with Crippen LogP contribution in [0.1, 0.15) is 16.5 Å². The number of anilines is 1. The van der Waals surface area contributed by atoms with Gasteiger partial charge in [-0.25, -0.2) is 0 Å². The van der Waals surface area contributed by atoms with Gasteiger partial charge >= 0.3 is 0 Å². The van der Waals surface area contributed by atoms with Crippen molar-refractivity contribution in [3.63, 3.8) is 0 Å². The maximum absolute atomic E-state index is 12.5. The van der Waals surface area contributed by atoms with E-state index in [9.17, 15) is 4.79 Å². The molecule has 0 bridgehead atoms. The number of amides is 1. The largest absolute Gasteiger partial charge is 0.487 e. The minimum atomic E-state index is -0.147. The Bertz CT molecular complexity index is 1030. The smallest absolute Gasteiger partial charge is 0.238 e. The summed E-state index contributed by atoms with van der Waals surface area (Å²) in [6, 6.07) is 20.4. The van der Waals surface area contributed by atoms with Gasteiger partial charge in [0.05, 0.1) is 10.8 Å². The van der Waals surface area contributed by atoms with Crippen LogP contribution in [0.15, 0.2) is 66.7 Å². The molecule has 1 fully saturated rings. The molecule has 29 heavy (non-hydrogen) atoms. The van der Waals surface area contributed by atoms with Crippen LogP contribution < -0.4 is 9.64 Å². The Kier molecular flexibility index (Phi) is 6.26. The van der Waals surface area contributed by atoms with Crippen LogP contribution >= 0.6 is 46.6 Å². The highest BCUT2D eigenvalue weighted by atomic mass is 35.5. The van der Waals surface area contributed by atoms with Crippen LogP contribution in [0, 0.1) is 0 Å². The number of hydrogen-bond acceptors (Lipinski definition) is 3. The first kappa shape index (κ1) is 20.4. The third kappa shape index (κ3) is 4.67. The van der Waals surface area contributed by atoms with Crippen molar-refractivity contribution in [1.29, 1.82) is 0 Å². The van der Waals surface area contributed by atoms with E-state index in [0.717, 1.165) is 16.8 Å². The van der Waals surface area contributed by atoms with E-state index in [-0.39, 0.29) is 11.3 Å². The summed E-state index contributed by atoms with van der Waals surface area (Å²) < 4.78 is 5.85. The van der Waals surface area contributed by atoms with Gasteiger partial charge in [0.15, 0.2) is 0 Å². The molecule has 0 N–H and O–H groups in total. The minimum absolute atomic E-state index is 0.0570. The fourth-order valence-electron chi connectivity index (χ4n) is 3.08. The molecule has 3 aromatic rings. The van der Waals surface area contributed by atoms with Crippen molar-refractivity contribution >= 4 is 58.2 Å². The second-order valence-electron chi connectivity index (χ2n) is 6.51. The van der Waals surface area contributed by atoms with Crippen LogP contribution in [-0.2, 0) is 11.4 Å². The highest BCUT2D eigenvalue weighted by Gasteiger charge is 2.34. The van der Waals surface area contributed by atoms with Gasteiger partial charge in [-0.3, -0.25) is 9.69 Å². The summed E-state index contributed by atoms with van der Waals surface area (Å²) in [7, 11) is 0. The number of rotatable bonds is 5. The van der Waals surface area contributed by atoms with E-state index >= 15 is 0 Å². The molecule has 0 radical (unpaired) electrons. The predicted octanol–water partition coefficient (Wildman–Crippen LogP) is 7.00. The third-order valence-electron chi connectivity index (χ3n) is 4.52. The normalized spacial score (nSPS) is 16.3. The number of thioether (sulfide) groups is 1. The maximum atomic E-state index is 12.5. The number of halogens is 3. The first-order valence-corrected chi connectivity index (χ1v) is 11.1. The molecule has 1 saturated heterocycles. The quantitative estimate of drug-likeness (QED) is 0.407. The van der Waals surface area contributed by atoms with Gasteiger partial charge in [0, 0.05) is 15.7 Å². The molecule has 0 aliphatic carbocycles. The predicted molar refractivity (Wildman–Crippen MR) is 121 cm³/mol. The van der Waals surface area contributed by atoms with Crippen molar-refractivity contribution in [2.24, 2.45) is 0 Å². The number of hydrogen-bond donors (Lipinski definition) is 0. The molecule has 1 heterocycles. The molecule has 3 nitrogen and oxygen atoms in total. The standard InChI is InChI=1S/C22H16Cl3NO2S/c23-16-4-1-14(2-5-16)12-28-20-10-3-15(11-19(20)25)22-26(21(27)13-29-22)18-8-6-17(24)7-9-18/h1-11,22H,12-13H2/t22-/m0/s1. The van der Waals surface area contributed by atoms with Crippen molar-refractivity contribution < 1.29 is 9.53 Å². The molecular weight excluding hydrogens is 449 g/mol. The first-order chi connectivity index (χ1) is 14.0. The molecule has 0 saturated carbocycles. The number of nitrogens with zero attached hydrogens (tertiary/aromatic N) is 1. The molecule has 0 spiro atoms.